The molecule has 0 saturated carbocycles. The Hall–Kier alpha value is -4.04. The molecule has 1 heterocycles. The van der Waals surface area contributed by atoms with E-state index in [2.05, 4.69) is 12.1 Å². The van der Waals surface area contributed by atoms with Crippen LogP contribution in [0.25, 0.3) is 6.08 Å². The monoisotopic (exact) mass is 516 g/mol. The Balaban J connectivity index is 1.57. The molecule has 3 aromatic rings. The molecule has 0 radical (unpaired) electrons. The van der Waals surface area contributed by atoms with Crippen molar-refractivity contribution in [3.8, 4) is 11.5 Å². The highest BCUT2D eigenvalue weighted by molar-refractivity contribution is 8.18. The minimum Gasteiger partial charge on any atom is -0.493 e. The number of rotatable bonds is 10. The molecule has 190 valence electrons. The molecule has 7 nitrogen and oxygen atoms in total. The van der Waals surface area contributed by atoms with Gasteiger partial charge in [0.1, 0.15) is 0 Å². The molecule has 0 aromatic heterocycles. The highest BCUT2D eigenvalue weighted by atomic mass is 32.2. The van der Waals surface area contributed by atoms with Crippen LogP contribution in [0.4, 0.5) is 5.69 Å². The normalized spacial score (nSPS) is 15.3. The second-order valence-corrected chi connectivity index (χ2v) is 9.05. The van der Waals surface area contributed by atoms with Crippen LogP contribution in [-0.4, -0.2) is 48.8 Å². The van der Waals surface area contributed by atoms with Gasteiger partial charge in [0.05, 0.1) is 24.3 Å². The maximum absolute atomic E-state index is 13.4. The summed E-state index contributed by atoms with van der Waals surface area (Å²) >= 11 is 1.34. The van der Waals surface area contributed by atoms with Gasteiger partial charge in [0.2, 0.25) is 0 Å². The van der Waals surface area contributed by atoms with Gasteiger partial charge in [0.25, 0.3) is 5.91 Å². The van der Waals surface area contributed by atoms with Crippen molar-refractivity contribution in [3.63, 3.8) is 0 Å². The molecule has 0 spiro atoms. The second kappa shape index (κ2) is 12.8. The van der Waals surface area contributed by atoms with Gasteiger partial charge in [0.15, 0.2) is 23.3 Å². The molecule has 1 aliphatic heterocycles. The molecule has 8 heteroatoms. The van der Waals surface area contributed by atoms with E-state index in [1.54, 1.807) is 24.0 Å². The Morgan fingerprint density at radius 3 is 2.43 bits per heavy atom. The number of amides is 1. The Bertz CT molecular complexity index is 1290. The average Bonchev–Trinajstić information content (AvgIpc) is 3.21. The van der Waals surface area contributed by atoms with E-state index in [0.29, 0.717) is 34.5 Å². The summed E-state index contributed by atoms with van der Waals surface area (Å²) in [5.74, 6) is 0.314. The Morgan fingerprint density at radius 1 is 1.00 bits per heavy atom. The first-order valence-electron chi connectivity index (χ1n) is 11.9. The largest absolute Gasteiger partial charge is 0.493 e. The number of carbonyl (C=O) groups is 2. The maximum Gasteiger partial charge on any atom is 0.344 e. The van der Waals surface area contributed by atoms with Crippen molar-refractivity contribution in [2.24, 2.45) is 4.99 Å². The third kappa shape index (κ3) is 7.01. The smallest absolute Gasteiger partial charge is 0.344 e. The van der Waals surface area contributed by atoms with Crippen molar-refractivity contribution in [3.05, 3.63) is 94.9 Å². The molecule has 1 amide bonds. The SMILES string of the molecule is CCOC(=O)COc1ccc(/C=C2/SC(=Nc3ccccc3)N(CCc3ccccc3)C2=O)cc1OC. The number of esters is 1. The Labute approximate surface area is 220 Å². The number of benzene rings is 3. The van der Waals surface area contributed by atoms with Crippen molar-refractivity contribution in [1.29, 1.82) is 0 Å². The molecule has 0 aliphatic carbocycles. The number of thioether (sulfide) groups is 1. The second-order valence-electron chi connectivity index (χ2n) is 8.04. The van der Waals surface area contributed by atoms with Gasteiger partial charge in [-0.3, -0.25) is 9.69 Å². The van der Waals surface area contributed by atoms with E-state index in [-0.39, 0.29) is 19.1 Å². The van der Waals surface area contributed by atoms with E-state index >= 15 is 0 Å². The van der Waals surface area contributed by atoms with Crippen molar-refractivity contribution in [1.82, 2.24) is 4.90 Å². The Morgan fingerprint density at radius 2 is 1.73 bits per heavy atom. The summed E-state index contributed by atoms with van der Waals surface area (Å²) in [5, 5.41) is 0.639. The van der Waals surface area contributed by atoms with Gasteiger partial charge in [-0.1, -0.05) is 54.6 Å². The number of methoxy groups -OCH3 is 1. The summed E-state index contributed by atoms with van der Waals surface area (Å²) in [7, 11) is 1.52. The molecule has 0 bridgehead atoms. The molecule has 1 aliphatic rings. The van der Waals surface area contributed by atoms with Gasteiger partial charge >= 0.3 is 5.97 Å². The quantitative estimate of drug-likeness (QED) is 0.262. The van der Waals surface area contributed by atoms with Gasteiger partial charge in [-0.25, -0.2) is 9.79 Å². The fourth-order valence-electron chi connectivity index (χ4n) is 3.67. The lowest BCUT2D eigenvalue weighted by atomic mass is 10.1. The molecular weight excluding hydrogens is 488 g/mol. The van der Waals surface area contributed by atoms with E-state index in [4.69, 9.17) is 19.2 Å². The molecule has 1 fully saturated rings. The first-order chi connectivity index (χ1) is 18.1. The van der Waals surface area contributed by atoms with Crippen molar-refractivity contribution >= 4 is 40.6 Å². The number of hydrogen-bond acceptors (Lipinski definition) is 7. The third-order valence-corrected chi connectivity index (χ3v) is 6.48. The highest BCUT2D eigenvalue weighted by Crippen LogP contribution is 2.36. The number of carbonyl (C=O) groups excluding carboxylic acids is 2. The zero-order valence-corrected chi connectivity index (χ0v) is 21.6. The summed E-state index contributed by atoms with van der Waals surface area (Å²) < 4.78 is 15.9. The van der Waals surface area contributed by atoms with E-state index in [9.17, 15) is 9.59 Å². The molecule has 0 N–H and O–H groups in total. The van der Waals surface area contributed by atoms with Gasteiger partial charge in [-0.05, 0) is 66.6 Å². The van der Waals surface area contributed by atoms with Gasteiger partial charge in [-0.2, -0.15) is 0 Å². The number of para-hydroxylation sites is 1. The van der Waals surface area contributed by atoms with Crippen molar-refractivity contribution in [2.45, 2.75) is 13.3 Å². The van der Waals surface area contributed by atoms with Crippen LogP contribution < -0.4 is 9.47 Å². The molecule has 37 heavy (non-hydrogen) atoms. The molecule has 1 saturated heterocycles. The van der Waals surface area contributed by atoms with Crippen LogP contribution in [0.3, 0.4) is 0 Å². The van der Waals surface area contributed by atoms with E-state index in [0.717, 1.165) is 16.8 Å². The highest BCUT2D eigenvalue weighted by Gasteiger charge is 2.33. The summed E-state index contributed by atoms with van der Waals surface area (Å²) in [6.45, 7) is 2.33. The standard InChI is InChI=1S/C29H28N2O5S/c1-3-35-27(32)20-36-24-15-14-22(18-25(24)34-2)19-26-28(33)31(17-16-21-10-6-4-7-11-21)29(37-26)30-23-12-8-5-9-13-23/h4-15,18-19H,3,16-17,20H2,1-2H3/b26-19+,30-29?. The van der Waals surface area contributed by atoms with E-state index < -0.39 is 5.97 Å². The average molecular weight is 517 g/mol. The maximum atomic E-state index is 13.4. The molecular formula is C29H28N2O5S. The predicted molar refractivity (Wildman–Crippen MR) is 146 cm³/mol. The lowest BCUT2D eigenvalue weighted by molar-refractivity contribution is -0.145. The van der Waals surface area contributed by atoms with E-state index in [1.807, 2.05) is 60.7 Å². The number of amidine groups is 1. The fourth-order valence-corrected chi connectivity index (χ4v) is 4.70. The van der Waals surface area contributed by atoms with Gasteiger partial charge < -0.3 is 14.2 Å². The molecule has 0 atom stereocenters. The van der Waals surface area contributed by atoms with Crippen LogP contribution in [0.15, 0.2) is 88.8 Å². The van der Waals surface area contributed by atoms with Crippen LogP contribution >= 0.6 is 11.8 Å². The fraction of sp³-hybridized carbons (Fsp3) is 0.207. The number of aliphatic imine (C=N–C) groups is 1. The molecule has 4 rings (SSSR count). The van der Waals surface area contributed by atoms with Crippen LogP contribution in [0.5, 0.6) is 11.5 Å². The van der Waals surface area contributed by atoms with Gasteiger partial charge in [0, 0.05) is 6.54 Å². The third-order valence-electron chi connectivity index (χ3n) is 5.47. The lowest BCUT2D eigenvalue weighted by Gasteiger charge is -2.15. The summed E-state index contributed by atoms with van der Waals surface area (Å²) in [4.78, 5) is 32.1. The molecule has 3 aromatic carbocycles. The lowest BCUT2D eigenvalue weighted by Crippen LogP contribution is -2.31. The zero-order valence-electron chi connectivity index (χ0n) is 20.8. The summed E-state index contributed by atoms with van der Waals surface area (Å²) in [5.41, 5.74) is 2.70. The Kier molecular flexibility index (Phi) is 8.99. The number of ether oxygens (including phenoxy) is 3. The minimum absolute atomic E-state index is 0.0998. The predicted octanol–water partition coefficient (Wildman–Crippen LogP) is 5.48. The van der Waals surface area contributed by atoms with Crippen molar-refractivity contribution in [2.75, 3.05) is 26.9 Å². The first kappa shape index (κ1) is 26.0. The number of hydrogen-bond donors (Lipinski definition) is 0. The topological polar surface area (TPSA) is 77.4 Å². The van der Waals surface area contributed by atoms with Crippen LogP contribution in [0, 0.1) is 0 Å². The zero-order chi connectivity index (χ0) is 26.0. The van der Waals surface area contributed by atoms with Gasteiger partial charge in [-0.15, -0.1) is 0 Å². The molecule has 0 unspecified atom stereocenters. The van der Waals surface area contributed by atoms with Crippen LogP contribution in [0.1, 0.15) is 18.1 Å². The van der Waals surface area contributed by atoms with Crippen LogP contribution in [-0.2, 0) is 20.7 Å². The summed E-state index contributed by atoms with van der Waals surface area (Å²) in [6.07, 6.45) is 2.53. The minimum atomic E-state index is -0.454. The first-order valence-corrected chi connectivity index (χ1v) is 12.7. The summed E-state index contributed by atoms with van der Waals surface area (Å²) in [6, 6.07) is 25.0. The van der Waals surface area contributed by atoms with Crippen LogP contribution in [0.2, 0.25) is 0 Å². The van der Waals surface area contributed by atoms with Crippen molar-refractivity contribution < 1.29 is 23.8 Å². The number of nitrogens with zero attached hydrogens (tertiary/aromatic N) is 2. The van der Waals surface area contributed by atoms with E-state index in [1.165, 1.54) is 18.9 Å².